The van der Waals surface area contributed by atoms with Gasteiger partial charge in [-0.25, -0.2) is 0 Å². The van der Waals surface area contributed by atoms with E-state index in [1.807, 2.05) is 25.2 Å². The van der Waals surface area contributed by atoms with Gasteiger partial charge in [0.2, 0.25) is 5.91 Å². The summed E-state index contributed by atoms with van der Waals surface area (Å²) in [5.41, 5.74) is 1.90. The zero-order chi connectivity index (χ0) is 15.4. The molecule has 2 aliphatic heterocycles. The molecule has 5 nitrogen and oxygen atoms in total. The van der Waals surface area contributed by atoms with Crippen molar-refractivity contribution in [2.24, 2.45) is 5.92 Å². The van der Waals surface area contributed by atoms with E-state index in [0.717, 1.165) is 43.2 Å². The molecule has 1 fully saturated rings. The zero-order valence-electron chi connectivity index (χ0n) is 13.2. The van der Waals surface area contributed by atoms with Gasteiger partial charge < -0.3 is 20.3 Å². The molecule has 3 rings (SSSR count). The van der Waals surface area contributed by atoms with Crippen LogP contribution in [0.1, 0.15) is 25.7 Å². The normalized spacial score (nSPS) is 18.5. The highest BCUT2D eigenvalue weighted by atomic mass is 16.5. The Morgan fingerprint density at radius 1 is 1.41 bits per heavy atom. The third kappa shape index (κ3) is 3.71. The number of amides is 1. The van der Waals surface area contributed by atoms with Crippen LogP contribution in [0.4, 0.5) is 11.4 Å². The summed E-state index contributed by atoms with van der Waals surface area (Å²) in [5, 5.41) is 6.37. The Balaban J connectivity index is 1.53. The van der Waals surface area contributed by atoms with Crippen LogP contribution in [-0.2, 0) is 4.79 Å². The van der Waals surface area contributed by atoms with Gasteiger partial charge in [-0.1, -0.05) is 0 Å². The third-order valence-corrected chi connectivity index (χ3v) is 4.58. The third-order valence-electron chi connectivity index (χ3n) is 4.58. The van der Waals surface area contributed by atoms with Crippen molar-refractivity contribution in [1.29, 1.82) is 0 Å². The molecule has 0 unspecified atom stereocenters. The molecule has 2 heterocycles. The van der Waals surface area contributed by atoms with Gasteiger partial charge in [0.1, 0.15) is 12.4 Å². The average molecular weight is 303 g/mol. The minimum absolute atomic E-state index is 0.109. The van der Waals surface area contributed by atoms with Crippen LogP contribution in [0.5, 0.6) is 5.75 Å². The number of carbonyl (C=O) groups excluding carboxylic acids is 1. The number of ether oxygens (including phenoxy) is 1. The number of nitrogens with one attached hydrogen (secondary N) is 2. The first kappa shape index (κ1) is 15.2. The first-order chi connectivity index (χ1) is 10.7. The molecular formula is C17H25N3O2. The summed E-state index contributed by atoms with van der Waals surface area (Å²) < 4.78 is 5.62. The van der Waals surface area contributed by atoms with Crippen molar-refractivity contribution in [3.63, 3.8) is 0 Å². The van der Waals surface area contributed by atoms with E-state index in [0.29, 0.717) is 18.9 Å². The van der Waals surface area contributed by atoms with E-state index in [1.165, 1.54) is 12.8 Å². The Hall–Kier alpha value is -1.75. The van der Waals surface area contributed by atoms with Crippen LogP contribution in [0.15, 0.2) is 18.2 Å². The van der Waals surface area contributed by atoms with Crippen LogP contribution >= 0.6 is 0 Å². The van der Waals surface area contributed by atoms with Crippen LogP contribution in [0.25, 0.3) is 0 Å². The average Bonchev–Trinajstić information content (AvgIpc) is 2.55. The molecule has 0 saturated carbocycles. The van der Waals surface area contributed by atoms with Crippen LogP contribution in [0, 0.1) is 5.92 Å². The maximum Gasteiger partial charge on any atom is 0.224 e. The van der Waals surface area contributed by atoms with Crippen molar-refractivity contribution >= 4 is 17.3 Å². The van der Waals surface area contributed by atoms with Crippen molar-refractivity contribution in [2.75, 3.05) is 43.5 Å². The summed E-state index contributed by atoms with van der Waals surface area (Å²) in [6, 6.07) is 5.85. The molecule has 2 aliphatic rings. The van der Waals surface area contributed by atoms with E-state index in [2.05, 4.69) is 15.5 Å². The summed E-state index contributed by atoms with van der Waals surface area (Å²) in [5.74, 6) is 1.69. The molecule has 0 radical (unpaired) electrons. The van der Waals surface area contributed by atoms with E-state index < -0.39 is 0 Å². The Morgan fingerprint density at radius 3 is 3.05 bits per heavy atom. The summed E-state index contributed by atoms with van der Waals surface area (Å²) >= 11 is 0. The van der Waals surface area contributed by atoms with Crippen LogP contribution in [-0.4, -0.2) is 39.2 Å². The van der Waals surface area contributed by atoms with Gasteiger partial charge in [-0.15, -0.1) is 0 Å². The van der Waals surface area contributed by atoms with Crippen LogP contribution in [0.2, 0.25) is 0 Å². The lowest BCUT2D eigenvalue weighted by atomic mass is 9.93. The lowest BCUT2D eigenvalue weighted by Gasteiger charge is -2.28. The smallest absolute Gasteiger partial charge is 0.224 e. The highest BCUT2D eigenvalue weighted by Crippen LogP contribution is 2.33. The molecule has 1 saturated heterocycles. The van der Waals surface area contributed by atoms with Crippen LogP contribution in [0.3, 0.4) is 0 Å². The predicted molar refractivity (Wildman–Crippen MR) is 88.7 cm³/mol. The number of hydrogen-bond donors (Lipinski definition) is 2. The van der Waals surface area contributed by atoms with E-state index >= 15 is 0 Å². The van der Waals surface area contributed by atoms with Crippen molar-refractivity contribution in [2.45, 2.75) is 25.7 Å². The topological polar surface area (TPSA) is 53.6 Å². The monoisotopic (exact) mass is 303 g/mol. The van der Waals surface area contributed by atoms with Gasteiger partial charge in [0.05, 0.1) is 12.2 Å². The van der Waals surface area contributed by atoms with E-state index in [-0.39, 0.29) is 5.91 Å². The second-order valence-electron chi connectivity index (χ2n) is 6.23. The molecule has 0 aliphatic carbocycles. The first-order valence-electron chi connectivity index (χ1n) is 8.21. The molecule has 0 aromatic heterocycles. The second-order valence-corrected chi connectivity index (χ2v) is 6.23. The predicted octanol–water partition coefficient (Wildman–Crippen LogP) is 2.23. The molecule has 5 heteroatoms. The lowest BCUT2D eigenvalue weighted by Crippen LogP contribution is -2.29. The first-order valence-corrected chi connectivity index (χ1v) is 8.21. The molecule has 22 heavy (non-hydrogen) atoms. The molecular weight excluding hydrogens is 278 g/mol. The lowest BCUT2D eigenvalue weighted by molar-refractivity contribution is -0.116. The SMILES string of the molecule is CN1CCOc2ccc(NC(=O)CCC3CCNCC3)cc21. The van der Waals surface area contributed by atoms with E-state index in [9.17, 15) is 4.79 Å². The van der Waals surface area contributed by atoms with Gasteiger partial charge in [-0.05, 0) is 56.5 Å². The minimum Gasteiger partial charge on any atom is -0.490 e. The molecule has 120 valence electrons. The van der Waals surface area contributed by atoms with E-state index in [1.54, 1.807) is 0 Å². The molecule has 0 bridgehead atoms. The molecule has 1 amide bonds. The number of hydrogen-bond acceptors (Lipinski definition) is 4. The van der Waals surface area contributed by atoms with Gasteiger partial charge in [0.15, 0.2) is 0 Å². The van der Waals surface area contributed by atoms with Crippen molar-refractivity contribution < 1.29 is 9.53 Å². The Kier molecular flexibility index (Phi) is 4.83. The standard InChI is InChI=1S/C17H25N3O2/c1-20-10-11-22-16-4-3-14(12-15(16)20)19-17(21)5-2-13-6-8-18-9-7-13/h3-4,12-13,18H,2,5-11H2,1H3,(H,19,21). The number of anilines is 2. The number of nitrogens with zero attached hydrogens (tertiary/aromatic N) is 1. The van der Waals surface area contributed by atoms with Crippen molar-refractivity contribution in [3.8, 4) is 5.75 Å². The molecule has 1 aromatic rings. The fourth-order valence-electron chi connectivity index (χ4n) is 3.16. The molecule has 2 N–H and O–H groups in total. The number of carbonyl (C=O) groups is 1. The number of benzene rings is 1. The van der Waals surface area contributed by atoms with Gasteiger partial charge in [-0.2, -0.15) is 0 Å². The van der Waals surface area contributed by atoms with Gasteiger partial charge in [-0.3, -0.25) is 4.79 Å². The summed E-state index contributed by atoms with van der Waals surface area (Å²) in [6.45, 7) is 3.76. The zero-order valence-corrected chi connectivity index (χ0v) is 13.2. The van der Waals surface area contributed by atoms with Gasteiger partial charge in [0.25, 0.3) is 0 Å². The summed E-state index contributed by atoms with van der Waals surface area (Å²) in [6.07, 6.45) is 3.97. The van der Waals surface area contributed by atoms with Crippen LogP contribution < -0.4 is 20.3 Å². The largest absolute Gasteiger partial charge is 0.490 e. The molecule has 0 atom stereocenters. The number of likely N-dealkylation sites (N-methyl/N-ethyl adjacent to an activating group) is 1. The summed E-state index contributed by atoms with van der Waals surface area (Å²) in [4.78, 5) is 14.3. The maximum atomic E-state index is 12.1. The number of fused-ring (bicyclic) bond motifs is 1. The van der Waals surface area contributed by atoms with Crippen molar-refractivity contribution in [3.05, 3.63) is 18.2 Å². The second kappa shape index (κ2) is 7.01. The fraction of sp³-hybridized carbons (Fsp3) is 0.588. The van der Waals surface area contributed by atoms with Gasteiger partial charge in [0, 0.05) is 19.2 Å². The van der Waals surface area contributed by atoms with E-state index in [4.69, 9.17) is 4.74 Å². The molecule has 1 aromatic carbocycles. The fourth-order valence-corrected chi connectivity index (χ4v) is 3.16. The molecule has 0 spiro atoms. The Morgan fingerprint density at radius 2 is 2.23 bits per heavy atom. The van der Waals surface area contributed by atoms with Crippen molar-refractivity contribution in [1.82, 2.24) is 5.32 Å². The summed E-state index contributed by atoms with van der Waals surface area (Å²) in [7, 11) is 2.05. The Bertz CT molecular complexity index is 527. The van der Waals surface area contributed by atoms with Gasteiger partial charge >= 0.3 is 0 Å². The maximum absolute atomic E-state index is 12.1. The number of rotatable bonds is 4. The highest BCUT2D eigenvalue weighted by Gasteiger charge is 2.17. The highest BCUT2D eigenvalue weighted by molar-refractivity contribution is 5.91. The number of piperidine rings is 1. The quantitative estimate of drug-likeness (QED) is 0.895. The minimum atomic E-state index is 0.109. The Labute approximate surface area is 132 Å².